The highest BCUT2D eigenvalue weighted by molar-refractivity contribution is 6.29. The van der Waals surface area contributed by atoms with E-state index in [1.165, 1.54) is 6.34 Å². The molecule has 0 aromatic rings. The van der Waals surface area contributed by atoms with Gasteiger partial charge in [-0.2, -0.15) is 0 Å². The number of aliphatic imine (C=N–C) groups is 2. The molecule has 1 saturated heterocycles. The van der Waals surface area contributed by atoms with Crippen molar-refractivity contribution in [2.75, 3.05) is 13.7 Å². The summed E-state index contributed by atoms with van der Waals surface area (Å²) in [6, 6.07) is 0. The Bertz CT molecular complexity index is 294. The van der Waals surface area contributed by atoms with Gasteiger partial charge < -0.3 is 9.64 Å². The third-order valence-corrected chi connectivity index (χ3v) is 2.30. The van der Waals surface area contributed by atoms with Crippen molar-refractivity contribution in [1.82, 2.24) is 4.90 Å². The Hall–Kier alpha value is -0.870. The summed E-state index contributed by atoms with van der Waals surface area (Å²) in [4.78, 5) is 9.79. The van der Waals surface area contributed by atoms with E-state index in [0.29, 0.717) is 0 Å². The summed E-state index contributed by atoms with van der Waals surface area (Å²) in [5, 5.41) is 0.220. The standard InChI is InChI=1S/C9H14ClN3O/c1-7(10)11-6-12-8(2)13(4)9(3)5-14-9/h6H,1,5H2,2-4H3. The average Bonchev–Trinajstić information content (AvgIpc) is 2.83. The van der Waals surface area contributed by atoms with Gasteiger partial charge in [-0.25, -0.2) is 9.98 Å². The van der Waals surface area contributed by atoms with Gasteiger partial charge in [0.15, 0.2) is 5.72 Å². The monoisotopic (exact) mass is 215 g/mol. The van der Waals surface area contributed by atoms with Crippen LogP contribution >= 0.6 is 11.6 Å². The van der Waals surface area contributed by atoms with E-state index in [-0.39, 0.29) is 10.9 Å². The van der Waals surface area contributed by atoms with Crippen molar-refractivity contribution >= 4 is 23.8 Å². The van der Waals surface area contributed by atoms with Gasteiger partial charge in [-0.15, -0.1) is 0 Å². The number of amidine groups is 1. The van der Waals surface area contributed by atoms with Crippen LogP contribution in [0.4, 0.5) is 0 Å². The summed E-state index contributed by atoms with van der Waals surface area (Å²) in [7, 11) is 1.93. The predicted octanol–water partition coefficient (Wildman–Crippen LogP) is 1.82. The largest absolute Gasteiger partial charge is 0.348 e. The molecule has 0 N–H and O–H groups in total. The fourth-order valence-electron chi connectivity index (χ4n) is 0.902. The van der Waals surface area contributed by atoms with Gasteiger partial charge >= 0.3 is 0 Å². The number of hydrogen-bond donors (Lipinski definition) is 0. The first-order valence-electron chi connectivity index (χ1n) is 4.25. The summed E-state index contributed by atoms with van der Waals surface area (Å²) >= 11 is 5.44. The number of halogens is 1. The number of likely N-dealkylation sites (N-methyl/N-ethyl adjacent to an activating group) is 1. The quantitative estimate of drug-likeness (QED) is 0.312. The van der Waals surface area contributed by atoms with E-state index in [2.05, 4.69) is 16.6 Å². The summed E-state index contributed by atoms with van der Waals surface area (Å²) in [5.41, 5.74) is -0.195. The molecule has 0 amide bonds. The maximum absolute atomic E-state index is 5.44. The van der Waals surface area contributed by atoms with Crippen molar-refractivity contribution in [2.45, 2.75) is 19.6 Å². The summed E-state index contributed by atoms with van der Waals surface area (Å²) in [6.07, 6.45) is 1.38. The Kier molecular flexibility index (Phi) is 3.29. The van der Waals surface area contributed by atoms with Crippen molar-refractivity contribution < 1.29 is 4.74 Å². The third-order valence-electron chi connectivity index (χ3n) is 2.20. The SMILES string of the molecule is C=C(Cl)N=CN=C(C)N(C)C1(C)CO1. The first-order valence-corrected chi connectivity index (χ1v) is 4.62. The van der Waals surface area contributed by atoms with Crippen molar-refractivity contribution in [2.24, 2.45) is 9.98 Å². The molecule has 1 heterocycles. The van der Waals surface area contributed by atoms with E-state index < -0.39 is 0 Å². The van der Waals surface area contributed by atoms with Gasteiger partial charge in [0.2, 0.25) is 0 Å². The van der Waals surface area contributed by atoms with Crippen LogP contribution in [-0.4, -0.2) is 36.5 Å². The minimum absolute atomic E-state index is 0.195. The van der Waals surface area contributed by atoms with Gasteiger partial charge in [-0.05, 0) is 13.8 Å². The second kappa shape index (κ2) is 4.11. The minimum atomic E-state index is -0.195. The fraction of sp³-hybridized carbons (Fsp3) is 0.556. The Morgan fingerprint density at radius 1 is 1.71 bits per heavy atom. The van der Waals surface area contributed by atoms with Crippen LogP contribution in [0.1, 0.15) is 13.8 Å². The van der Waals surface area contributed by atoms with Gasteiger partial charge in [0, 0.05) is 7.05 Å². The molecule has 0 saturated carbocycles. The van der Waals surface area contributed by atoms with E-state index in [4.69, 9.17) is 16.3 Å². The Morgan fingerprint density at radius 3 is 2.71 bits per heavy atom. The molecule has 0 aliphatic carbocycles. The molecular weight excluding hydrogens is 202 g/mol. The Balaban J connectivity index is 2.55. The maximum atomic E-state index is 5.44. The lowest BCUT2D eigenvalue weighted by molar-refractivity contribution is 0.191. The van der Waals surface area contributed by atoms with Crippen LogP contribution in [0.5, 0.6) is 0 Å². The normalized spacial score (nSPS) is 26.7. The molecule has 1 rings (SSSR count). The molecule has 0 aromatic carbocycles. The highest BCUT2D eigenvalue weighted by atomic mass is 35.5. The second-order valence-corrected chi connectivity index (χ2v) is 3.76. The van der Waals surface area contributed by atoms with Gasteiger partial charge in [-0.1, -0.05) is 18.2 Å². The van der Waals surface area contributed by atoms with E-state index in [1.54, 1.807) is 0 Å². The average molecular weight is 216 g/mol. The Morgan fingerprint density at radius 2 is 2.29 bits per heavy atom. The molecule has 0 radical (unpaired) electrons. The number of rotatable bonds is 3. The van der Waals surface area contributed by atoms with E-state index >= 15 is 0 Å². The second-order valence-electron chi connectivity index (χ2n) is 3.32. The maximum Gasteiger partial charge on any atom is 0.162 e. The third kappa shape index (κ3) is 2.82. The molecule has 0 spiro atoms. The van der Waals surface area contributed by atoms with Crippen molar-refractivity contribution in [3.05, 3.63) is 11.7 Å². The first kappa shape index (κ1) is 11.2. The fourth-order valence-corrected chi connectivity index (χ4v) is 0.946. The molecule has 0 bridgehead atoms. The van der Waals surface area contributed by atoms with E-state index in [0.717, 1.165) is 12.4 Å². The van der Waals surface area contributed by atoms with Gasteiger partial charge in [-0.3, -0.25) is 0 Å². The van der Waals surface area contributed by atoms with Crippen LogP contribution in [0.3, 0.4) is 0 Å². The highest BCUT2D eigenvalue weighted by Gasteiger charge is 2.44. The highest BCUT2D eigenvalue weighted by Crippen LogP contribution is 2.29. The van der Waals surface area contributed by atoms with Gasteiger partial charge in [0.1, 0.15) is 17.3 Å². The number of nitrogens with zero attached hydrogens (tertiary/aromatic N) is 3. The van der Waals surface area contributed by atoms with Crippen molar-refractivity contribution in [1.29, 1.82) is 0 Å². The van der Waals surface area contributed by atoms with Crippen LogP contribution in [0.15, 0.2) is 21.7 Å². The molecule has 1 unspecified atom stereocenters. The van der Waals surface area contributed by atoms with Crippen LogP contribution in [-0.2, 0) is 4.74 Å². The van der Waals surface area contributed by atoms with E-state index in [9.17, 15) is 0 Å². The molecule has 4 nitrogen and oxygen atoms in total. The number of ether oxygens (including phenoxy) is 1. The lowest BCUT2D eigenvalue weighted by Gasteiger charge is -2.22. The minimum Gasteiger partial charge on any atom is -0.348 e. The van der Waals surface area contributed by atoms with Crippen LogP contribution in [0, 0.1) is 0 Å². The molecule has 1 aliphatic rings. The zero-order valence-corrected chi connectivity index (χ0v) is 9.38. The van der Waals surface area contributed by atoms with Crippen molar-refractivity contribution in [3.8, 4) is 0 Å². The lowest BCUT2D eigenvalue weighted by atomic mass is 10.3. The van der Waals surface area contributed by atoms with Gasteiger partial charge in [0.25, 0.3) is 0 Å². The molecule has 78 valence electrons. The molecular formula is C9H14ClN3O. The van der Waals surface area contributed by atoms with Crippen molar-refractivity contribution in [3.63, 3.8) is 0 Å². The van der Waals surface area contributed by atoms with Crippen LogP contribution in [0.2, 0.25) is 0 Å². The molecule has 1 atom stereocenters. The van der Waals surface area contributed by atoms with Gasteiger partial charge in [0.05, 0.1) is 6.61 Å². The number of hydrogen-bond acceptors (Lipinski definition) is 2. The predicted molar refractivity (Wildman–Crippen MR) is 58.7 cm³/mol. The molecule has 5 heteroatoms. The topological polar surface area (TPSA) is 40.5 Å². The van der Waals surface area contributed by atoms with Crippen LogP contribution in [0.25, 0.3) is 0 Å². The molecule has 1 aliphatic heterocycles. The molecule has 14 heavy (non-hydrogen) atoms. The first-order chi connectivity index (χ1) is 6.46. The van der Waals surface area contributed by atoms with E-state index in [1.807, 2.05) is 25.8 Å². The zero-order valence-electron chi connectivity index (χ0n) is 8.62. The lowest BCUT2D eigenvalue weighted by Crippen LogP contribution is -2.36. The Labute approximate surface area is 88.9 Å². The van der Waals surface area contributed by atoms with Crippen LogP contribution < -0.4 is 0 Å². The zero-order chi connectivity index (χ0) is 10.8. The summed E-state index contributed by atoms with van der Waals surface area (Å²) < 4.78 is 5.26. The molecule has 1 fully saturated rings. The number of epoxide rings is 1. The molecule has 0 aromatic heterocycles. The summed E-state index contributed by atoms with van der Waals surface area (Å²) in [6.45, 7) is 8.04. The smallest absolute Gasteiger partial charge is 0.162 e. The summed E-state index contributed by atoms with van der Waals surface area (Å²) in [5.74, 6) is 0.826.